The van der Waals surface area contributed by atoms with E-state index in [4.69, 9.17) is 32.7 Å². The smallest absolute Gasteiger partial charge is 0.329 e. The zero-order valence-corrected chi connectivity index (χ0v) is 18.5. The maximum Gasteiger partial charge on any atom is 0.329 e. The third-order valence-corrected chi connectivity index (χ3v) is 5.81. The second kappa shape index (κ2) is 8.86. The summed E-state index contributed by atoms with van der Waals surface area (Å²) in [7, 11) is 1.43. The number of halogens is 4. The summed E-state index contributed by atoms with van der Waals surface area (Å²) in [5.41, 5.74) is 0.907. The summed E-state index contributed by atoms with van der Waals surface area (Å²) in [6.07, 6.45) is -2.89. The van der Waals surface area contributed by atoms with Gasteiger partial charge in [0.15, 0.2) is 5.82 Å². The minimum atomic E-state index is -3.76. The van der Waals surface area contributed by atoms with Gasteiger partial charge in [-0.3, -0.25) is 9.36 Å². The van der Waals surface area contributed by atoms with Gasteiger partial charge in [0.05, 0.1) is 24.2 Å². The molecule has 174 valence electrons. The van der Waals surface area contributed by atoms with Crippen LogP contribution in [0.2, 0.25) is 10.0 Å². The van der Waals surface area contributed by atoms with Gasteiger partial charge in [0.1, 0.15) is 24.6 Å². The van der Waals surface area contributed by atoms with Crippen molar-refractivity contribution in [3.8, 4) is 11.4 Å². The van der Waals surface area contributed by atoms with E-state index in [1.165, 1.54) is 25.3 Å². The van der Waals surface area contributed by atoms with E-state index in [0.29, 0.717) is 16.9 Å². The molecule has 0 unspecified atom stereocenters. The molecule has 1 aliphatic heterocycles. The van der Waals surface area contributed by atoms with E-state index in [0.717, 1.165) is 4.57 Å². The third-order valence-electron chi connectivity index (χ3n) is 5.17. The number of aliphatic hydroxyl groups excluding tert-OH is 1. The second-order valence-corrected chi connectivity index (χ2v) is 8.06. The number of aromatic nitrogens is 3. The average molecular weight is 500 g/mol. The zero-order chi connectivity index (χ0) is 23.9. The van der Waals surface area contributed by atoms with Crippen LogP contribution in [0.25, 0.3) is 5.69 Å². The van der Waals surface area contributed by atoms with E-state index < -0.39 is 43.0 Å². The number of nitrogens with zero attached hydrogens (tertiary/aromatic N) is 3. The summed E-state index contributed by atoms with van der Waals surface area (Å²) in [6, 6.07) is 9.39. The van der Waals surface area contributed by atoms with E-state index in [1.807, 2.05) is 0 Å². The number of hydrogen-bond acceptors (Lipinski definition) is 6. The fraction of sp³-hybridized carbons (Fsp3) is 0.286. The molecule has 0 bridgehead atoms. The Kier molecular flexibility index (Phi) is 6.28. The van der Waals surface area contributed by atoms with Gasteiger partial charge in [-0.2, -0.15) is 8.78 Å². The number of aliphatic carboxylic acids is 1. The fourth-order valence-corrected chi connectivity index (χ4v) is 4.20. The van der Waals surface area contributed by atoms with Crippen molar-refractivity contribution in [1.29, 1.82) is 0 Å². The largest absolute Gasteiger partial charge is 0.495 e. The Morgan fingerprint density at radius 2 is 2.00 bits per heavy atom. The van der Waals surface area contributed by atoms with Crippen LogP contribution < -0.4 is 4.74 Å². The Morgan fingerprint density at radius 1 is 1.24 bits per heavy atom. The van der Waals surface area contributed by atoms with Crippen molar-refractivity contribution >= 4 is 29.2 Å². The molecule has 33 heavy (non-hydrogen) atoms. The zero-order valence-electron chi connectivity index (χ0n) is 17.0. The molecule has 2 aromatic carbocycles. The highest BCUT2D eigenvalue weighted by atomic mass is 35.5. The van der Waals surface area contributed by atoms with Crippen LogP contribution in [0, 0.1) is 0 Å². The van der Waals surface area contributed by atoms with Gasteiger partial charge in [-0.05, 0) is 24.3 Å². The van der Waals surface area contributed by atoms with Gasteiger partial charge in [0, 0.05) is 16.1 Å². The molecular weight excluding hydrogens is 483 g/mol. The SMILES string of the molecule is COc1cccc([C@H]2O[C@H](CC(=O)O)c3nnc(C(F)(F)CO)n3-c3ccc(Cl)cc32)c1Cl. The first-order chi connectivity index (χ1) is 15.7. The Labute approximate surface area is 196 Å². The van der Waals surface area contributed by atoms with Gasteiger partial charge in [-0.25, -0.2) is 0 Å². The summed E-state index contributed by atoms with van der Waals surface area (Å²) < 4.78 is 41.6. The average Bonchev–Trinajstić information content (AvgIpc) is 3.18. The standard InChI is InChI=1S/C21H17Cl2F2N3O5/c1-32-14-4-2-3-11(17(14)23)18-12-7-10(22)5-6-13(12)28-19(15(33-18)8-16(30)31)26-27-20(28)21(24,25)9-29/h2-7,15,18,29H,8-9H2,1H3,(H,30,31)/t15-,18-/m1/s1. The Balaban J connectivity index is 2.03. The highest BCUT2D eigenvalue weighted by molar-refractivity contribution is 6.33. The van der Waals surface area contributed by atoms with Crippen LogP contribution in [0.15, 0.2) is 36.4 Å². The number of methoxy groups -OCH3 is 1. The molecule has 0 spiro atoms. The first kappa shape index (κ1) is 23.4. The highest BCUT2D eigenvalue weighted by Crippen LogP contribution is 2.46. The lowest BCUT2D eigenvalue weighted by Crippen LogP contribution is -2.24. The number of rotatable bonds is 6. The number of aliphatic hydroxyl groups is 1. The van der Waals surface area contributed by atoms with Gasteiger partial charge < -0.3 is 19.7 Å². The van der Waals surface area contributed by atoms with Crippen LogP contribution in [-0.2, 0) is 15.5 Å². The van der Waals surface area contributed by atoms with Gasteiger partial charge in [-0.1, -0.05) is 35.3 Å². The van der Waals surface area contributed by atoms with Crippen LogP contribution in [0.4, 0.5) is 8.78 Å². The number of ether oxygens (including phenoxy) is 2. The van der Waals surface area contributed by atoms with Crippen molar-refractivity contribution in [3.05, 3.63) is 69.2 Å². The molecule has 0 aliphatic carbocycles. The molecule has 4 rings (SSSR count). The maximum atomic E-state index is 14.6. The summed E-state index contributed by atoms with van der Waals surface area (Å²) in [6.45, 7) is -1.52. The monoisotopic (exact) mass is 499 g/mol. The molecule has 0 amide bonds. The van der Waals surface area contributed by atoms with E-state index in [1.54, 1.807) is 18.2 Å². The highest BCUT2D eigenvalue weighted by Gasteiger charge is 2.43. The van der Waals surface area contributed by atoms with E-state index >= 15 is 0 Å². The summed E-state index contributed by atoms with van der Waals surface area (Å²) in [5.74, 6) is -5.69. The molecule has 2 N–H and O–H groups in total. The van der Waals surface area contributed by atoms with Crippen LogP contribution in [0.3, 0.4) is 0 Å². The predicted molar refractivity (Wildman–Crippen MR) is 113 cm³/mol. The van der Waals surface area contributed by atoms with Gasteiger partial charge in [0.25, 0.3) is 0 Å². The summed E-state index contributed by atoms with van der Waals surface area (Å²) in [5, 5.41) is 26.6. The number of carboxylic acids is 1. The van der Waals surface area contributed by atoms with Crippen molar-refractivity contribution in [3.63, 3.8) is 0 Å². The summed E-state index contributed by atoms with van der Waals surface area (Å²) in [4.78, 5) is 11.6. The Morgan fingerprint density at radius 3 is 2.67 bits per heavy atom. The lowest BCUT2D eigenvalue weighted by atomic mass is 9.99. The lowest BCUT2D eigenvalue weighted by Gasteiger charge is -2.23. The van der Waals surface area contributed by atoms with E-state index in [9.17, 15) is 23.8 Å². The van der Waals surface area contributed by atoms with E-state index in [2.05, 4.69) is 10.2 Å². The maximum absolute atomic E-state index is 14.6. The molecule has 1 aliphatic rings. The number of fused-ring (bicyclic) bond motifs is 3. The third kappa shape index (κ3) is 4.15. The normalized spacial score (nSPS) is 17.8. The molecular formula is C21H17Cl2F2N3O5. The quantitative estimate of drug-likeness (QED) is 0.520. The number of benzene rings is 2. The molecule has 8 nitrogen and oxygen atoms in total. The molecule has 2 atom stereocenters. The van der Waals surface area contributed by atoms with Crippen molar-refractivity contribution in [2.24, 2.45) is 0 Å². The van der Waals surface area contributed by atoms with Gasteiger partial charge >= 0.3 is 11.9 Å². The first-order valence-electron chi connectivity index (χ1n) is 9.62. The molecule has 12 heteroatoms. The molecule has 0 radical (unpaired) electrons. The van der Waals surface area contributed by atoms with Gasteiger partial charge in [-0.15, -0.1) is 10.2 Å². The second-order valence-electron chi connectivity index (χ2n) is 7.25. The number of hydrogen-bond donors (Lipinski definition) is 2. The Bertz CT molecular complexity index is 1220. The first-order valence-corrected chi connectivity index (χ1v) is 10.4. The summed E-state index contributed by atoms with van der Waals surface area (Å²) >= 11 is 12.7. The molecule has 0 fully saturated rings. The van der Waals surface area contributed by atoms with Crippen LogP contribution in [-0.4, -0.2) is 44.7 Å². The molecule has 0 saturated carbocycles. The number of alkyl halides is 2. The fourth-order valence-electron chi connectivity index (χ4n) is 3.71. The Hall–Kier alpha value is -2.79. The van der Waals surface area contributed by atoms with Crippen LogP contribution >= 0.6 is 23.2 Å². The van der Waals surface area contributed by atoms with Crippen molar-refractivity contribution in [1.82, 2.24) is 14.8 Å². The van der Waals surface area contributed by atoms with Gasteiger partial charge in [0.2, 0.25) is 5.82 Å². The number of carbonyl (C=O) groups is 1. The lowest BCUT2D eigenvalue weighted by molar-refractivity contribution is -0.141. The van der Waals surface area contributed by atoms with Crippen molar-refractivity contribution in [2.45, 2.75) is 24.6 Å². The number of carboxylic acid groups (broad SMARTS) is 1. The molecule has 0 saturated heterocycles. The minimum Gasteiger partial charge on any atom is -0.495 e. The topological polar surface area (TPSA) is 107 Å². The predicted octanol–water partition coefficient (Wildman–Crippen LogP) is 4.30. The molecule has 3 aromatic rings. The molecule has 1 aromatic heterocycles. The van der Waals surface area contributed by atoms with Crippen molar-refractivity contribution in [2.75, 3.05) is 13.7 Å². The van der Waals surface area contributed by atoms with Crippen LogP contribution in [0.5, 0.6) is 5.75 Å². The minimum absolute atomic E-state index is 0.161. The van der Waals surface area contributed by atoms with Crippen LogP contribution in [0.1, 0.15) is 41.4 Å². The van der Waals surface area contributed by atoms with Crippen molar-refractivity contribution < 1.29 is 33.3 Å². The molecule has 2 heterocycles. The van der Waals surface area contributed by atoms with E-state index in [-0.39, 0.29) is 21.6 Å².